The van der Waals surface area contributed by atoms with Crippen LogP contribution in [0.15, 0.2) is 47.4 Å². The summed E-state index contributed by atoms with van der Waals surface area (Å²) in [5, 5.41) is 10.5. The van der Waals surface area contributed by atoms with Gasteiger partial charge in [0.2, 0.25) is 0 Å². The van der Waals surface area contributed by atoms with Crippen molar-refractivity contribution in [2.24, 2.45) is 0 Å². The summed E-state index contributed by atoms with van der Waals surface area (Å²) in [5.74, 6) is -1.32. The lowest BCUT2D eigenvalue weighted by Crippen LogP contribution is -2.29. The molecule has 0 spiro atoms. The van der Waals surface area contributed by atoms with Crippen molar-refractivity contribution in [3.05, 3.63) is 58.0 Å². The van der Waals surface area contributed by atoms with Crippen LogP contribution in [0, 0.1) is 0 Å². The van der Waals surface area contributed by atoms with Crippen LogP contribution in [0.4, 0.5) is 10.5 Å². The number of carbonyl (C=O) groups excluding carboxylic acids is 3. The molecule has 144 valence electrons. The SMILES string of the molecule is COc1cc(/C=C2\SC(=O)N(c3cccc(Cl)c3)C2=O)ccc1OCC(=O)[O-]. The Morgan fingerprint density at radius 2 is 2.00 bits per heavy atom. The second-order valence-corrected chi connectivity index (χ2v) is 7.00. The summed E-state index contributed by atoms with van der Waals surface area (Å²) in [7, 11) is 1.40. The highest BCUT2D eigenvalue weighted by molar-refractivity contribution is 8.19. The molecule has 0 saturated carbocycles. The molecule has 2 amide bonds. The second-order valence-electron chi connectivity index (χ2n) is 5.57. The molecule has 9 heteroatoms. The number of imide groups is 1. The van der Waals surface area contributed by atoms with E-state index >= 15 is 0 Å². The highest BCUT2D eigenvalue weighted by Gasteiger charge is 2.36. The third kappa shape index (κ3) is 4.29. The van der Waals surface area contributed by atoms with Gasteiger partial charge in [0.1, 0.15) is 6.61 Å². The number of carboxylic acids is 1. The molecule has 0 radical (unpaired) electrons. The zero-order valence-electron chi connectivity index (χ0n) is 14.5. The van der Waals surface area contributed by atoms with E-state index in [0.29, 0.717) is 16.3 Å². The number of halogens is 1. The Kier molecular flexibility index (Phi) is 5.91. The van der Waals surface area contributed by atoms with E-state index in [4.69, 9.17) is 21.1 Å². The summed E-state index contributed by atoms with van der Waals surface area (Å²) in [6.45, 7) is -0.617. The standard InChI is InChI=1S/C19H14ClNO6S/c1-26-15-7-11(5-6-14(15)27-10-17(22)23)8-16-18(24)21(19(25)28-16)13-4-2-3-12(20)9-13/h2-9H,10H2,1H3,(H,22,23)/p-1/b16-8-. The molecule has 7 nitrogen and oxygen atoms in total. The fourth-order valence-corrected chi connectivity index (χ4v) is 3.51. The molecule has 1 aliphatic heterocycles. The third-order valence-electron chi connectivity index (χ3n) is 3.69. The number of carbonyl (C=O) groups is 3. The van der Waals surface area contributed by atoms with Crippen molar-refractivity contribution in [1.82, 2.24) is 0 Å². The Hall–Kier alpha value is -2.97. The molecule has 0 aliphatic carbocycles. The molecule has 1 fully saturated rings. The van der Waals surface area contributed by atoms with E-state index in [1.165, 1.54) is 19.2 Å². The van der Waals surface area contributed by atoms with E-state index in [2.05, 4.69) is 0 Å². The highest BCUT2D eigenvalue weighted by atomic mass is 35.5. The van der Waals surface area contributed by atoms with Gasteiger partial charge in [-0.15, -0.1) is 0 Å². The minimum Gasteiger partial charge on any atom is -0.546 e. The molecule has 1 saturated heterocycles. The summed E-state index contributed by atoms with van der Waals surface area (Å²) >= 11 is 6.75. The van der Waals surface area contributed by atoms with Gasteiger partial charge in [-0.25, -0.2) is 4.90 Å². The van der Waals surface area contributed by atoms with Gasteiger partial charge in [-0.1, -0.05) is 23.7 Å². The second kappa shape index (κ2) is 8.37. The number of rotatable bonds is 6. The molecule has 0 atom stereocenters. The van der Waals surface area contributed by atoms with Crippen molar-refractivity contribution in [2.75, 3.05) is 18.6 Å². The lowest BCUT2D eigenvalue weighted by molar-refractivity contribution is -0.307. The first-order valence-corrected chi connectivity index (χ1v) is 9.12. The number of methoxy groups -OCH3 is 1. The number of benzene rings is 2. The Labute approximate surface area is 169 Å². The van der Waals surface area contributed by atoms with Crippen molar-refractivity contribution < 1.29 is 29.0 Å². The monoisotopic (exact) mass is 418 g/mol. The van der Waals surface area contributed by atoms with Crippen LogP contribution in [0.1, 0.15) is 5.56 Å². The topological polar surface area (TPSA) is 96.0 Å². The van der Waals surface area contributed by atoms with E-state index < -0.39 is 23.7 Å². The van der Waals surface area contributed by atoms with Crippen LogP contribution < -0.4 is 19.5 Å². The summed E-state index contributed by atoms with van der Waals surface area (Å²) < 4.78 is 10.3. The minimum atomic E-state index is -1.36. The average molecular weight is 419 g/mol. The van der Waals surface area contributed by atoms with Gasteiger partial charge < -0.3 is 19.4 Å². The van der Waals surface area contributed by atoms with Crippen molar-refractivity contribution in [3.8, 4) is 11.5 Å². The van der Waals surface area contributed by atoms with Crippen molar-refractivity contribution in [1.29, 1.82) is 0 Å². The number of hydrogen-bond acceptors (Lipinski definition) is 7. The van der Waals surface area contributed by atoms with E-state index in [1.54, 1.807) is 36.4 Å². The highest BCUT2D eigenvalue weighted by Crippen LogP contribution is 2.37. The van der Waals surface area contributed by atoms with Gasteiger partial charge in [0, 0.05) is 5.02 Å². The number of aliphatic carboxylic acids is 1. The van der Waals surface area contributed by atoms with Crippen LogP contribution in [-0.4, -0.2) is 30.8 Å². The molecular weight excluding hydrogens is 406 g/mol. The maximum absolute atomic E-state index is 12.7. The number of ether oxygens (including phenoxy) is 2. The lowest BCUT2D eigenvalue weighted by atomic mass is 10.2. The summed E-state index contributed by atoms with van der Waals surface area (Å²) in [4.78, 5) is 36.8. The van der Waals surface area contributed by atoms with Crippen LogP contribution in [-0.2, 0) is 9.59 Å². The van der Waals surface area contributed by atoms with Gasteiger partial charge in [0.05, 0.1) is 23.7 Å². The van der Waals surface area contributed by atoms with Crippen LogP contribution in [0.5, 0.6) is 11.5 Å². The zero-order valence-corrected chi connectivity index (χ0v) is 16.1. The number of amides is 2. The van der Waals surface area contributed by atoms with Gasteiger partial charge >= 0.3 is 0 Å². The maximum atomic E-state index is 12.7. The van der Waals surface area contributed by atoms with Gasteiger partial charge in [-0.05, 0) is 53.7 Å². The number of carboxylic acid groups (broad SMARTS) is 1. The molecule has 28 heavy (non-hydrogen) atoms. The molecule has 3 rings (SSSR count). The van der Waals surface area contributed by atoms with E-state index in [-0.39, 0.29) is 16.4 Å². The Morgan fingerprint density at radius 1 is 1.21 bits per heavy atom. The smallest absolute Gasteiger partial charge is 0.298 e. The number of thioether (sulfide) groups is 1. The first-order valence-electron chi connectivity index (χ1n) is 7.93. The lowest BCUT2D eigenvalue weighted by Gasteiger charge is -2.12. The van der Waals surface area contributed by atoms with Gasteiger partial charge in [-0.2, -0.15) is 0 Å². The molecule has 2 aromatic rings. The minimum absolute atomic E-state index is 0.218. The van der Waals surface area contributed by atoms with Crippen LogP contribution in [0.2, 0.25) is 5.02 Å². The average Bonchev–Trinajstić information content (AvgIpc) is 2.93. The first-order chi connectivity index (χ1) is 13.4. The van der Waals surface area contributed by atoms with Crippen molar-refractivity contribution in [3.63, 3.8) is 0 Å². The van der Waals surface area contributed by atoms with Crippen molar-refractivity contribution in [2.45, 2.75) is 0 Å². The van der Waals surface area contributed by atoms with Gasteiger partial charge in [0.25, 0.3) is 11.1 Å². The number of nitrogens with zero attached hydrogens (tertiary/aromatic N) is 1. The normalized spacial score (nSPS) is 15.2. The van der Waals surface area contributed by atoms with E-state index in [0.717, 1.165) is 16.7 Å². The molecular formula is C19H13ClNO6S-. The first kappa shape index (κ1) is 19.8. The summed E-state index contributed by atoms with van der Waals surface area (Å²) in [6, 6.07) is 11.1. The number of hydrogen-bond donors (Lipinski definition) is 0. The van der Waals surface area contributed by atoms with Crippen molar-refractivity contribution >= 4 is 52.2 Å². The summed E-state index contributed by atoms with van der Waals surface area (Å²) in [6.07, 6.45) is 1.54. The summed E-state index contributed by atoms with van der Waals surface area (Å²) in [5.41, 5.74) is 0.969. The molecule has 0 unspecified atom stereocenters. The molecule has 0 aromatic heterocycles. The maximum Gasteiger partial charge on any atom is 0.298 e. The predicted octanol–water partition coefficient (Wildman–Crippen LogP) is 2.72. The van der Waals surface area contributed by atoms with E-state index in [1.807, 2.05) is 0 Å². The van der Waals surface area contributed by atoms with Crippen LogP contribution in [0.25, 0.3) is 6.08 Å². The Bertz CT molecular complexity index is 990. The molecule has 1 aliphatic rings. The van der Waals surface area contributed by atoms with Crippen LogP contribution in [0.3, 0.4) is 0 Å². The molecule has 2 aromatic carbocycles. The molecule has 1 heterocycles. The Morgan fingerprint density at radius 3 is 2.68 bits per heavy atom. The number of anilines is 1. The van der Waals surface area contributed by atoms with Gasteiger partial charge in [-0.3, -0.25) is 9.59 Å². The fraction of sp³-hybridized carbons (Fsp3) is 0.105. The van der Waals surface area contributed by atoms with Crippen LogP contribution >= 0.6 is 23.4 Å². The zero-order chi connectivity index (χ0) is 20.3. The van der Waals surface area contributed by atoms with Gasteiger partial charge in [0.15, 0.2) is 11.5 Å². The largest absolute Gasteiger partial charge is 0.546 e. The molecule has 0 bridgehead atoms. The predicted molar refractivity (Wildman–Crippen MR) is 103 cm³/mol. The third-order valence-corrected chi connectivity index (χ3v) is 4.80. The quantitative estimate of drug-likeness (QED) is 0.665. The van der Waals surface area contributed by atoms with E-state index in [9.17, 15) is 19.5 Å². The molecule has 0 N–H and O–H groups in total. The fourth-order valence-electron chi connectivity index (χ4n) is 2.49. The Balaban J connectivity index is 1.86.